The Labute approximate surface area is 165 Å². The highest BCUT2D eigenvalue weighted by Gasteiger charge is 2.25. The Morgan fingerprint density at radius 2 is 1.86 bits per heavy atom. The number of aromatic nitrogens is 3. The average molecular weight is 374 g/mol. The van der Waals surface area contributed by atoms with Crippen molar-refractivity contribution in [2.45, 2.75) is 37.7 Å². The van der Waals surface area contributed by atoms with Gasteiger partial charge in [-0.25, -0.2) is 9.97 Å². The van der Waals surface area contributed by atoms with E-state index >= 15 is 0 Å². The second-order valence-corrected chi connectivity index (χ2v) is 7.95. The van der Waals surface area contributed by atoms with Gasteiger partial charge in [0.25, 0.3) is 0 Å². The lowest BCUT2D eigenvalue weighted by Gasteiger charge is -2.33. The molecule has 5 heterocycles. The van der Waals surface area contributed by atoms with Crippen molar-refractivity contribution < 1.29 is 4.74 Å². The van der Waals surface area contributed by atoms with Gasteiger partial charge in [0.2, 0.25) is 0 Å². The molecule has 0 bridgehead atoms. The van der Waals surface area contributed by atoms with E-state index in [-0.39, 0.29) is 0 Å². The van der Waals surface area contributed by atoms with Crippen molar-refractivity contribution in [2.24, 2.45) is 0 Å². The van der Waals surface area contributed by atoms with Crippen LogP contribution in [0.2, 0.25) is 0 Å². The minimum absolute atomic E-state index is 0.453. The summed E-state index contributed by atoms with van der Waals surface area (Å²) >= 11 is 0. The highest BCUT2D eigenvalue weighted by atomic mass is 16.5. The molecule has 5 nitrogen and oxygen atoms in total. The van der Waals surface area contributed by atoms with Gasteiger partial charge in [-0.1, -0.05) is 0 Å². The Bertz CT molecular complexity index is 932. The molecular formula is C23H26N4O. The maximum Gasteiger partial charge on any atom is 0.159 e. The molecule has 2 aliphatic heterocycles. The van der Waals surface area contributed by atoms with Crippen LogP contribution >= 0.6 is 0 Å². The van der Waals surface area contributed by atoms with Gasteiger partial charge in [-0.2, -0.15) is 0 Å². The van der Waals surface area contributed by atoms with Gasteiger partial charge in [0, 0.05) is 54.3 Å². The number of fused-ring (bicyclic) bond motifs is 1. The van der Waals surface area contributed by atoms with Gasteiger partial charge < -0.3 is 9.64 Å². The van der Waals surface area contributed by atoms with Gasteiger partial charge in [-0.05, 0) is 74.7 Å². The smallest absolute Gasteiger partial charge is 0.159 e. The first-order valence-electron chi connectivity index (χ1n) is 10.4. The standard InChI is InChI=1S/C23H26N4O/c1-2-21(28-13-1)16-27-11-7-18(8-12-27)22-4-3-19-14-20(15-25-23(19)26-22)17-5-9-24-10-6-17/h3-6,9-10,14-15,18,21H,1-2,7-8,11-13,16H2. The van der Waals surface area contributed by atoms with Gasteiger partial charge in [-0.15, -0.1) is 0 Å². The molecule has 1 unspecified atom stereocenters. The summed E-state index contributed by atoms with van der Waals surface area (Å²) in [6.45, 7) is 4.31. The van der Waals surface area contributed by atoms with Crippen molar-refractivity contribution in [3.63, 3.8) is 0 Å². The van der Waals surface area contributed by atoms with E-state index in [9.17, 15) is 0 Å². The number of likely N-dealkylation sites (tertiary alicyclic amines) is 1. The molecule has 1 atom stereocenters. The molecule has 0 saturated carbocycles. The van der Waals surface area contributed by atoms with E-state index in [2.05, 4.69) is 33.1 Å². The minimum Gasteiger partial charge on any atom is -0.377 e. The lowest BCUT2D eigenvalue weighted by atomic mass is 9.92. The molecule has 2 saturated heterocycles. The lowest BCUT2D eigenvalue weighted by Crippen LogP contribution is -2.38. The van der Waals surface area contributed by atoms with E-state index in [1.165, 1.54) is 31.4 Å². The maximum absolute atomic E-state index is 5.79. The maximum atomic E-state index is 5.79. The number of hydrogen-bond acceptors (Lipinski definition) is 5. The second-order valence-electron chi connectivity index (χ2n) is 7.95. The monoisotopic (exact) mass is 374 g/mol. The normalized spacial score (nSPS) is 21.4. The highest BCUT2D eigenvalue weighted by molar-refractivity contribution is 5.80. The molecule has 3 aromatic rings. The van der Waals surface area contributed by atoms with Crippen LogP contribution in [0.3, 0.4) is 0 Å². The number of piperidine rings is 1. The quantitative estimate of drug-likeness (QED) is 0.690. The Kier molecular flexibility index (Phi) is 5.02. The number of pyridine rings is 3. The summed E-state index contributed by atoms with van der Waals surface area (Å²) in [6.07, 6.45) is 10.8. The zero-order valence-electron chi connectivity index (χ0n) is 16.1. The van der Waals surface area contributed by atoms with Crippen molar-refractivity contribution in [1.82, 2.24) is 19.9 Å². The zero-order valence-corrected chi connectivity index (χ0v) is 16.1. The summed E-state index contributed by atoms with van der Waals surface area (Å²) in [7, 11) is 0. The van der Waals surface area contributed by atoms with E-state index in [1.54, 1.807) is 0 Å². The molecule has 2 aliphatic rings. The van der Waals surface area contributed by atoms with Crippen molar-refractivity contribution >= 4 is 11.0 Å². The lowest BCUT2D eigenvalue weighted by molar-refractivity contribution is 0.0642. The van der Waals surface area contributed by atoms with Gasteiger partial charge in [0.15, 0.2) is 5.65 Å². The first-order valence-corrected chi connectivity index (χ1v) is 10.4. The zero-order chi connectivity index (χ0) is 18.8. The van der Waals surface area contributed by atoms with E-state index in [0.717, 1.165) is 48.4 Å². The van der Waals surface area contributed by atoms with Gasteiger partial charge in [-0.3, -0.25) is 4.98 Å². The third kappa shape index (κ3) is 3.77. The van der Waals surface area contributed by atoms with Gasteiger partial charge in [0.1, 0.15) is 0 Å². The molecule has 0 spiro atoms. The molecule has 5 heteroatoms. The summed E-state index contributed by atoms with van der Waals surface area (Å²) in [4.78, 5) is 16.2. The molecule has 3 aromatic heterocycles. The Morgan fingerprint density at radius 3 is 2.64 bits per heavy atom. The molecule has 0 amide bonds. The predicted octanol–water partition coefficient (Wildman–Crippen LogP) is 4.05. The van der Waals surface area contributed by atoms with Crippen LogP contribution < -0.4 is 0 Å². The average Bonchev–Trinajstić information content (AvgIpc) is 3.27. The third-order valence-corrected chi connectivity index (χ3v) is 6.07. The SMILES string of the molecule is c1cc(-c2cnc3nc(C4CCN(CC5CCCO5)CC4)ccc3c2)ccn1. The third-order valence-electron chi connectivity index (χ3n) is 6.07. The fourth-order valence-corrected chi connectivity index (χ4v) is 4.44. The minimum atomic E-state index is 0.453. The summed E-state index contributed by atoms with van der Waals surface area (Å²) in [6, 6.07) is 10.6. The topological polar surface area (TPSA) is 51.1 Å². The number of nitrogens with zero attached hydrogens (tertiary/aromatic N) is 4. The fourth-order valence-electron chi connectivity index (χ4n) is 4.44. The largest absolute Gasteiger partial charge is 0.377 e. The Balaban J connectivity index is 1.28. The number of rotatable bonds is 4. The first-order chi connectivity index (χ1) is 13.8. The van der Waals surface area contributed by atoms with Crippen LogP contribution in [0.25, 0.3) is 22.2 Å². The van der Waals surface area contributed by atoms with E-state index in [0.29, 0.717) is 12.0 Å². The van der Waals surface area contributed by atoms with Gasteiger partial charge in [0.05, 0.1) is 6.10 Å². The first kappa shape index (κ1) is 17.7. The summed E-state index contributed by atoms with van der Waals surface area (Å²) < 4.78 is 5.79. The van der Waals surface area contributed by atoms with Gasteiger partial charge >= 0.3 is 0 Å². The molecule has 0 radical (unpaired) electrons. The van der Waals surface area contributed by atoms with Crippen LogP contribution in [0.15, 0.2) is 48.9 Å². The van der Waals surface area contributed by atoms with Crippen LogP contribution in [0.1, 0.15) is 37.3 Å². The van der Waals surface area contributed by atoms with Crippen LogP contribution in [0, 0.1) is 0 Å². The summed E-state index contributed by atoms with van der Waals surface area (Å²) in [5.74, 6) is 0.534. The van der Waals surface area contributed by atoms with Crippen LogP contribution in [0.5, 0.6) is 0 Å². The van der Waals surface area contributed by atoms with E-state index in [4.69, 9.17) is 9.72 Å². The van der Waals surface area contributed by atoms with Crippen molar-refractivity contribution in [1.29, 1.82) is 0 Å². The van der Waals surface area contributed by atoms with Crippen molar-refractivity contribution in [3.05, 3.63) is 54.6 Å². The molecule has 0 aromatic carbocycles. The number of ether oxygens (including phenoxy) is 1. The highest BCUT2D eigenvalue weighted by Crippen LogP contribution is 2.29. The molecule has 2 fully saturated rings. The second kappa shape index (κ2) is 7.94. The molecule has 0 N–H and O–H groups in total. The fraction of sp³-hybridized carbons (Fsp3) is 0.435. The van der Waals surface area contributed by atoms with Crippen molar-refractivity contribution in [3.8, 4) is 11.1 Å². The Hall–Kier alpha value is -2.37. The summed E-state index contributed by atoms with van der Waals surface area (Å²) in [5, 5.41) is 1.09. The predicted molar refractivity (Wildman–Crippen MR) is 110 cm³/mol. The van der Waals surface area contributed by atoms with Crippen LogP contribution in [-0.4, -0.2) is 52.2 Å². The Morgan fingerprint density at radius 1 is 1.00 bits per heavy atom. The number of hydrogen-bond donors (Lipinski definition) is 0. The molecule has 144 valence electrons. The van der Waals surface area contributed by atoms with Crippen LogP contribution in [0.4, 0.5) is 0 Å². The van der Waals surface area contributed by atoms with Crippen molar-refractivity contribution in [2.75, 3.05) is 26.2 Å². The van der Waals surface area contributed by atoms with E-state index in [1.807, 2.05) is 30.7 Å². The molecule has 0 aliphatic carbocycles. The van der Waals surface area contributed by atoms with E-state index < -0.39 is 0 Å². The molecule has 28 heavy (non-hydrogen) atoms. The van der Waals surface area contributed by atoms with Crippen LogP contribution in [-0.2, 0) is 4.74 Å². The molecule has 5 rings (SSSR count). The molecular weight excluding hydrogens is 348 g/mol. The summed E-state index contributed by atoms with van der Waals surface area (Å²) in [5.41, 5.74) is 4.27.